The van der Waals surface area contributed by atoms with E-state index in [1.165, 1.54) is 5.57 Å². The average Bonchev–Trinajstić information content (AvgIpc) is 3.41. The molecule has 1 aromatic rings. The van der Waals surface area contributed by atoms with Crippen LogP contribution in [0.4, 0.5) is 0 Å². The number of nitrogens with one attached hydrogen (secondary N) is 1. The van der Waals surface area contributed by atoms with E-state index < -0.39 is 0 Å². The molecule has 3 fully saturated rings. The molecule has 1 aromatic heterocycles. The lowest BCUT2D eigenvalue weighted by Crippen LogP contribution is -2.55. The Morgan fingerprint density at radius 2 is 1.92 bits per heavy atom. The van der Waals surface area contributed by atoms with Crippen LogP contribution in [0.3, 0.4) is 0 Å². The minimum Gasteiger partial charge on any atom is -0.392 e. The zero-order valence-electron chi connectivity index (χ0n) is 23.1. The molecule has 0 bridgehead atoms. The van der Waals surface area contributed by atoms with Crippen LogP contribution in [0.25, 0.3) is 0 Å². The number of carbonyl (C=O) groups is 2. The van der Waals surface area contributed by atoms with Crippen LogP contribution >= 0.6 is 22.9 Å². The Hall–Kier alpha value is -1.17. The first-order valence-electron chi connectivity index (χ1n) is 14.4. The van der Waals surface area contributed by atoms with E-state index in [1.54, 1.807) is 11.3 Å². The summed E-state index contributed by atoms with van der Waals surface area (Å²) in [6, 6.07) is 3.93. The summed E-state index contributed by atoms with van der Waals surface area (Å²) >= 11 is 7.73. The van der Waals surface area contributed by atoms with E-state index in [9.17, 15) is 14.7 Å². The lowest BCUT2D eigenvalue weighted by Gasteiger charge is -2.59. The number of aliphatic hydroxyl groups excluding tert-OH is 1. The van der Waals surface area contributed by atoms with E-state index in [4.69, 9.17) is 11.6 Å². The smallest absolute Gasteiger partial charge is 0.220 e. The average molecular weight is 546 g/mol. The first-order chi connectivity index (χ1) is 17.4. The summed E-state index contributed by atoms with van der Waals surface area (Å²) in [7, 11) is 0. The van der Waals surface area contributed by atoms with Crippen molar-refractivity contribution in [2.45, 2.75) is 98.1 Å². The van der Waals surface area contributed by atoms with Crippen molar-refractivity contribution < 1.29 is 14.7 Å². The molecule has 4 aliphatic carbocycles. The number of thiophene rings is 1. The molecule has 0 unspecified atom stereocenters. The summed E-state index contributed by atoms with van der Waals surface area (Å²) in [5.74, 6) is 2.68. The number of carbonyl (C=O) groups excluding carboxylic acids is 2. The summed E-state index contributed by atoms with van der Waals surface area (Å²) in [6.45, 7) is 11.4. The van der Waals surface area contributed by atoms with Gasteiger partial charge in [-0.25, -0.2) is 0 Å². The maximum absolute atomic E-state index is 13.3. The highest BCUT2D eigenvalue weighted by Gasteiger charge is 2.61. The van der Waals surface area contributed by atoms with Gasteiger partial charge in [0, 0.05) is 17.7 Å². The number of aliphatic hydroxyl groups is 1. The molecule has 204 valence electrons. The standard InChI is InChI=1S/C31H44ClNO3S/c1-17(2)29(25-8-9-26(32)37-25)33-27(36)14-18(3)21-6-7-22-28-23(11-13-31(21,22)5)30(4)12-10-20(34)15-19(30)16-24(28)35/h8-9,15,17-18,21-24,28-29,35H,6-7,10-14,16H2,1-5H3,(H,33,36)/t18-,21-,22+,23+,24-,28+,29-,30+,31-/m1/s1. The van der Waals surface area contributed by atoms with Crippen molar-refractivity contribution in [3.05, 3.63) is 33.0 Å². The van der Waals surface area contributed by atoms with Crippen molar-refractivity contribution in [1.29, 1.82) is 0 Å². The van der Waals surface area contributed by atoms with E-state index >= 15 is 0 Å². The van der Waals surface area contributed by atoms with Crippen molar-refractivity contribution in [3.63, 3.8) is 0 Å². The molecule has 5 rings (SSSR count). The molecule has 0 radical (unpaired) electrons. The normalized spacial score (nSPS) is 38.9. The summed E-state index contributed by atoms with van der Waals surface area (Å²) in [4.78, 5) is 26.5. The van der Waals surface area contributed by atoms with Crippen molar-refractivity contribution in [3.8, 4) is 0 Å². The zero-order chi connectivity index (χ0) is 26.7. The predicted octanol–water partition coefficient (Wildman–Crippen LogP) is 7.36. The minimum absolute atomic E-state index is 0.0118. The Morgan fingerprint density at radius 1 is 1.16 bits per heavy atom. The third kappa shape index (κ3) is 4.76. The van der Waals surface area contributed by atoms with Gasteiger partial charge in [-0.3, -0.25) is 9.59 Å². The van der Waals surface area contributed by atoms with Crippen LogP contribution in [0.5, 0.6) is 0 Å². The number of halogens is 1. The molecule has 37 heavy (non-hydrogen) atoms. The SMILES string of the molecule is CC(C)[C@@H](NC(=O)C[C@@H](C)[C@H]1CC[C@H]2[C@@H]3[C@H](O)CC4=CC(=O)CC[C@]4(C)[C@H]3CC[C@]12C)c1ccc(Cl)s1. The number of hydrogen-bond donors (Lipinski definition) is 2. The Balaban J connectivity index is 1.29. The molecule has 1 amide bonds. The van der Waals surface area contributed by atoms with Crippen molar-refractivity contribution in [1.82, 2.24) is 5.32 Å². The highest BCUT2D eigenvalue weighted by Crippen LogP contribution is 2.67. The molecular weight excluding hydrogens is 502 g/mol. The van der Waals surface area contributed by atoms with E-state index in [-0.39, 0.29) is 34.7 Å². The highest BCUT2D eigenvalue weighted by molar-refractivity contribution is 7.16. The van der Waals surface area contributed by atoms with Gasteiger partial charge in [0.1, 0.15) is 0 Å². The fourth-order valence-electron chi connectivity index (χ4n) is 9.23. The van der Waals surface area contributed by atoms with Crippen LogP contribution in [0.1, 0.15) is 96.9 Å². The Labute approximate surface area is 231 Å². The molecule has 0 aromatic carbocycles. The molecule has 0 saturated heterocycles. The molecule has 0 aliphatic heterocycles. The topological polar surface area (TPSA) is 66.4 Å². The lowest BCUT2D eigenvalue weighted by atomic mass is 9.45. The summed E-state index contributed by atoms with van der Waals surface area (Å²) < 4.78 is 0.755. The maximum Gasteiger partial charge on any atom is 0.220 e. The van der Waals surface area contributed by atoms with Crippen LogP contribution in [0, 0.1) is 46.3 Å². The molecule has 4 nitrogen and oxygen atoms in total. The van der Waals surface area contributed by atoms with Gasteiger partial charge in [0.2, 0.25) is 5.91 Å². The molecular formula is C31H44ClNO3S. The number of rotatable bonds is 6. The second-order valence-electron chi connectivity index (χ2n) is 13.5. The fraction of sp³-hybridized carbons (Fsp3) is 0.742. The van der Waals surface area contributed by atoms with Crippen molar-refractivity contribution in [2.75, 3.05) is 0 Å². The monoisotopic (exact) mass is 545 g/mol. The third-order valence-electron chi connectivity index (χ3n) is 11.1. The largest absolute Gasteiger partial charge is 0.392 e. The number of hydrogen-bond acceptors (Lipinski definition) is 4. The van der Waals surface area contributed by atoms with Crippen LogP contribution in [-0.4, -0.2) is 22.9 Å². The minimum atomic E-state index is -0.360. The molecule has 1 heterocycles. The number of fused-ring (bicyclic) bond motifs is 5. The summed E-state index contributed by atoms with van der Waals surface area (Å²) in [5, 5.41) is 14.7. The second-order valence-corrected chi connectivity index (χ2v) is 15.2. The predicted molar refractivity (Wildman–Crippen MR) is 150 cm³/mol. The van der Waals surface area contributed by atoms with Gasteiger partial charge in [0.25, 0.3) is 0 Å². The van der Waals surface area contributed by atoms with E-state index in [0.29, 0.717) is 54.8 Å². The molecule has 2 N–H and O–H groups in total. The van der Waals surface area contributed by atoms with Crippen molar-refractivity contribution >= 4 is 34.6 Å². The summed E-state index contributed by atoms with van der Waals surface area (Å²) in [5.41, 5.74) is 1.41. The lowest BCUT2D eigenvalue weighted by molar-refractivity contribution is -0.128. The van der Waals surface area contributed by atoms with Crippen LogP contribution in [-0.2, 0) is 9.59 Å². The number of ketones is 1. The van der Waals surface area contributed by atoms with Gasteiger partial charge < -0.3 is 10.4 Å². The Morgan fingerprint density at radius 3 is 2.59 bits per heavy atom. The maximum atomic E-state index is 13.3. The molecule has 3 saturated carbocycles. The highest BCUT2D eigenvalue weighted by atomic mass is 35.5. The zero-order valence-corrected chi connectivity index (χ0v) is 24.6. The van der Waals surface area contributed by atoms with Gasteiger partial charge in [-0.15, -0.1) is 11.3 Å². The third-order valence-corrected chi connectivity index (χ3v) is 12.4. The van der Waals surface area contributed by atoms with Crippen LogP contribution in [0.2, 0.25) is 4.34 Å². The quantitative estimate of drug-likeness (QED) is 0.392. The molecule has 4 aliphatic rings. The van der Waals surface area contributed by atoms with Crippen LogP contribution in [0.15, 0.2) is 23.8 Å². The molecule has 6 heteroatoms. The van der Waals surface area contributed by atoms with Gasteiger partial charge >= 0.3 is 0 Å². The van der Waals surface area contributed by atoms with Crippen molar-refractivity contribution in [2.24, 2.45) is 46.3 Å². The van der Waals surface area contributed by atoms with Gasteiger partial charge in [-0.05, 0) is 103 Å². The van der Waals surface area contributed by atoms with Gasteiger partial charge in [-0.2, -0.15) is 0 Å². The first-order valence-corrected chi connectivity index (χ1v) is 15.6. The Kier molecular flexibility index (Phi) is 7.48. The van der Waals surface area contributed by atoms with Gasteiger partial charge in [-0.1, -0.05) is 51.8 Å². The second kappa shape index (κ2) is 10.1. The van der Waals surface area contributed by atoms with E-state index in [1.807, 2.05) is 18.2 Å². The van der Waals surface area contributed by atoms with E-state index in [2.05, 4.69) is 39.9 Å². The van der Waals surface area contributed by atoms with Crippen LogP contribution < -0.4 is 5.32 Å². The Bertz CT molecular complexity index is 1080. The van der Waals surface area contributed by atoms with Gasteiger partial charge in [0.05, 0.1) is 16.5 Å². The molecule has 9 atom stereocenters. The van der Waals surface area contributed by atoms with Gasteiger partial charge in [0.15, 0.2) is 5.78 Å². The fourth-order valence-corrected chi connectivity index (χ4v) is 10.5. The first kappa shape index (κ1) is 27.4. The summed E-state index contributed by atoms with van der Waals surface area (Å²) in [6.07, 6.45) is 8.82. The molecule has 0 spiro atoms. The number of amides is 1. The van der Waals surface area contributed by atoms with E-state index in [0.717, 1.165) is 41.3 Å².